The molecule has 0 spiro atoms. The van der Waals surface area contributed by atoms with Crippen LogP contribution in [-0.2, 0) is 16.1 Å². The van der Waals surface area contributed by atoms with Crippen molar-refractivity contribution in [3.63, 3.8) is 0 Å². The summed E-state index contributed by atoms with van der Waals surface area (Å²) in [4.78, 5) is 28.9. The van der Waals surface area contributed by atoms with Crippen molar-refractivity contribution in [2.24, 2.45) is 0 Å². The Labute approximate surface area is 182 Å². The molecule has 0 saturated heterocycles. The number of aryl methyl sites for hydroxylation is 2. The maximum atomic E-state index is 12.4. The molecule has 0 saturated carbocycles. The van der Waals surface area contributed by atoms with Crippen molar-refractivity contribution in [2.45, 2.75) is 45.8 Å². The Kier molecular flexibility index (Phi) is 7.27. The molecule has 30 heavy (non-hydrogen) atoms. The molecule has 160 valence electrons. The van der Waals surface area contributed by atoms with E-state index in [1.807, 2.05) is 17.6 Å². The third-order valence-electron chi connectivity index (χ3n) is 4.10. The van der Waals surface area contributed by atoms with Crippen molar-refractivity contribution in [3.05, 3.63) is 28.7 Å². The molecule has 9 nitrogen and oxygen atoms in total. The minimum absolute atomic E-state index is 0.138. The third kappa shape index (κ3) is 4.90. The zero-order valence-electron chi connectivity index (χ0n) is 17.2. The molecule has 0 aromatic carbocycles. The second-order valence-corrected chi connectivity index (χ2v) is 8.28. The fourth-order valence-corrected chi connectivity index (χ4v) is 4.40. The number of esters is 1. The van der Waals surface area contributed by atoms with Crippen LogP contribution in [0.1, 0.15) is 41.4 Å². The van der Waals surface area contributed by atoms with Gasteiger partial charge in [-0.2, -0.15) is 0 Å². The summed E-state index contributed by atoms with van der Waals surface area (Å²) in [5.74, 6) is 0.958. The molecule has 0 aliphatic heterocycles. The maximum Gasteiger partial charge on any atom is 0.350 e. The zero-order valence-corrected chi connectivity index (χ0v) is 18.9. The van der Waals surface area contributed by atoms with Crippen LogP contribution in [0, 0.1) is 13.8 Å². The standard InChI is InChI=1S/C19H23N5O4S2/c1-5-8-24-16(13-7-9-28-12(13)4)22-23-19(24)29-10-14(25)21-18-20-11(3)15(30-18)17(26)27-6-2/h7,9H,5-6,8,10H2,1-4H3,(H,20,21,25). The summed E-state index contributed by atoms with van der Waals surface area (Å²) >= 11 is 2.40. The molecule has 11 heteroatoms. The lowest BCUT2D eigenvalue weighted by molar-refractivity contribution is -0.113. The number of thiazole rings is 1. The lowest BCUT2D eigenvalue weighted by Crippen LogP contribution is -2.14. The molecule has 3 heterocycles. The first-order valence-electron chi connectivity index (χ1n) is 9.49. The smallest absolute Gasteiger partial charge is 0.350 e. The summed E-state index contributed by atoms with van der Waals surface area (Å²) in [5, 5.41) is 12.3. The van der Waals surface area contributed by atoms with Gasteiger partial charge in [0.1, 0.15) is 10.6 Å². The maximum absolute atomic E-state index is 12.4. The Morgan fingerprint density at radius 2 is 2.10 bits per heavy atom. The molecular weight excluding hydrogens is 426 g/mol. The molecule has 0 unspecified atom stereocenters. The minimum atomic E-state index is -0.433. The van der Waals surface area contributed by atoms with Crippen LogP contribution in [0.2, 0.25) is 0 Å². The van der Waals surface area contributed by atoms with E-state index in [0.717, 1.165) is 41.5 Å². The van der Waals surface area contributed by atoms with E-state index < -0.39 is 5.97 Å². The first-order chi connectivity index (χ1) is 14.4. The second-order valence-electron chi connectivity index (χ2n) is 6.34. The van der Waals surface area contributed by atoms with E-state index in [1.165, 1.54) is 11.8 Å². The van der Waals surface area contributed by atoms with Crippen molar-refractivity contribution < 1.29 is 18.7 Å². The van der Waals surface area contributed by atoms with Crippen molar-refractivity contribution >= 4 is 40.1 Å². The highest BCUT2D eigenvalue weighted by atomic mass is 32.2. The van der Waals surface area contributed by atoms with E-state index >= 15 is 0 Å². The Morgan fingerprint density at radius 1 is 1.30 bits per heavy atom. The molecule has 0 fully saturated rings. The summed E-state index contributed by atoms with van der Waals surface area (Å²) in [6.07, 6.45) is 2.52. The molecule has 3 aromatic heterocycles. The summed E-state index contributed by atoms with van der Waals surface area (Å²) in [5.41, 5.74) is 1.42. The van der Waals surface area contributed by atoms with Gasteiger partial charge in [0.05, 0.1) is 29.9 Å². The number of amides is 1. The van der Waals surface area contributed by atoms with Crippen molar-refractivity contribution in [3.8, 4) is 11.4 Å². The van der Waals surface area contributed by atoms with Gasteiger partial charge in [0.2, 0.25) is 5.91 Å². The van der Waals surface area contributed by atoms with Gasteiger partial charge in [-0.1, -0.05) is 30.0 Å². The van der Waals surface area contributed by atoms with Gasteiger partial charge in [0, 0.05) is 6.54 Å². The van der Waals surface area contributed by atoms with Gasteiger partial charge in [-0.25, -0.2) is 9.78 Å². The van der Waals surface area contributed by atoms with E-state index in [-0.39, 0.29) is 18.3 Å². The summed E-state index contributed by atoms with van der Waals surface area (Å²) < 4.78 is 12.4. The number of carbonyl (C=O) groups is 2. The van der Waals surface area contributed by atoms with Crippen molar-refractivity contribution in [1.29, 1.82) is 0 Å². The SMILES string of the molecule is CCCn1c(SCC(=O)Nc2nc(C)c(C(=O)OCC)s2)nnc1-c1ccoc1C. The fourth-order valence-electron chi connectivity index (χ4n) is 2.76. The quantitative estimate of drug-likeness (QED) is 0.386. The first-order valence-corrected chi connectivity index (χ1v) is 11.3. The number of anilines is 1. The Hall–Kier alpha value is -2.66. The number of hydrogen-bond donors (Lipinski definition) is 1. The van der Waals surface area contributed by atoms with Crippen LogP contribution in [0.15, 0.2) is 21.9 Å². The molecule has 0 aliphatic carbocycles. The van der Waals surface area contributed by atoms with Crippen LogP contribution in [0.4, 0.5) is 5.13 Å². The third-order valence-corrected chi connectivity index (χ3v) is 6.12. The number of rotatable bonds is 9. The molecule has 3 rings (SSSR count). The number of ether oxygens (including phenoxy) is 1. The van der Waals surface area contributed by atoms with Crippen LogP contribution in [0.25, 0.3) is 11.4 Å². The Morgan fingerprint density at radius 3 is 2.77 bits per heavy atom. The first kappa shape index (κ1) is 22.0. The summed E-state index contributed by atoms with van der Waals surface area (Å²) in [6, 6.07) is 1.86. The predicted octanol–water partition coefficient (Wildman–Crippen LogP) is 3.93. The Balaban J connectivity index is 1.67. The molecule has 3 aromatic rings. The van der Waals surface area contributed by atoms with Crippen molar-refractivity contribution in [1.82, 2.24) is 19.7 Å². The largest absolute Gasteiger partial charge is 0.469 e. The fraction of sp³-hybridized carbons (Fsp3) is 0.421. The van der Waals surface area contributed by atoms with Gasteiger partial charge in [0.25, 0.3) is 0 Å². The number of nitrogens with zero attached hydrogens (tertiary/aromatic N) is 4. The molecule has 0 atom stereocenters. The number of nitrogens with one attached hydrogen (secondary N) is 1. The van der Waals surface area contributed by atoms with Gasteiger partial charge in [0.15, 0.2) is 16.1 Å². The van der Waals surface area contributed by atoms with Gasteiger partial charge in [-0.15, -0.1) is 10.2 Å². The second kappa shape index (κ2) is 9.90. The summed E-state index contributed by atoms with van der Waals surface area (Å²) in [7, 11) is 0. The lowest BCUT2D eigenvalue weighted by atomic mass is 10.2. The molecule has 1 N–H and O–H groups in total. The monoisotopic (exact) mass is 449 g/mol. The molecule has 0 radical (unpaired) electrons. The molecule has 1 amide bonds. The Bertz CT molecular complexity index is 1040. The normalized spacial score (nSPS) is 10.9. The van der Waals surface area contributed by atoms with E-state index in [0.29, 0.717) is 20.9 Å². The van der Waals surface area contributed by atoms with Gasteiger partial charge >= 0.3 is 5.97 Å². The van der Waals surface area contributed by atoms with Crippen LogP contribution in [0.5, 0.6) is 0 Å². The van der Waals surface area contributed by atoms with Crippen molar-refractivity contribution in [2.75, 3.05) is 17.7 Å². The number of furan rings is 1. The van der Waals surface area contributed by atoms with Gasteiger partial charge < -0.3 is 19.0 Å². The average Bonchev–Trinajstić information content (AvgIpc) is 3.39. The number of hydrogen-bond acceptors (Lipinski definition) is 9. The van der Waals surface area contributed by atoms with Crippen LogP contribution < -0.4 is 5.32 Å². The van der Waals surface area contributed by atoms with Gasteiger partial charge in [-0.05, 0) is 33.3 Å². The van der Waals surface area contributed by atoms with E-state index in [2.05, 4.69) is 27.4 Å². The topological polar surface area (TPSA) is 112 Å². The average molecular weight is 450 g/mol. The number of thioether (sulfide) groups is 1. The van der Waals surface area contributed by atoms with Crippen LogP contribution in [0.3, 0.4) is 0 Å². The zero-order chi connectivity index (χ0) is 21.7. The number of carbonyl (C=O) groups excluding carboxylic acids is 2. The highest BCUT2D eigenvalue weighted by Gasteiger charge is 2.20. The van der Waals surface area contributed by atoms with Gasteiger partial charge in [-0.3, -0.25) is 4.79 Å². The molecular formula is C19H23N5O4S2. The highest BCUT2D eigenvalue weighted by molar-refractivity contribution is 7.99. The van der Waals surface area contributed by atoms with Crippen LogP contribution >= 0.6 is 23.1 Å². The van der Waals surface area contributed by atoms with E-state index in [9.17, 15) is 9.59 Å². The lowest BCUT2D eigenvalue weighted by Gasteiger charge is -2.08. The summed E-state index contributed by atoms with van der Waals surface area (Å²) in [6.45, 7) is 8.41. The van der Waals surface area contributed by atoms with E-state index in [1.54, 1.807) is 20.1 Å². The highest BCUT2D eigenvalue weighted by Crippen LogP contribution is 2.28. The predicted molar refractivity (Wildman–Crippen MR) is 115 cm³/mol. The number of aromatic nitrogens is 4. The van der Waals surface area contributed by atoms with Crippen LogP contribution in [-0.4, -0.2) is 44.0 Å². The minimum Gasteiger partial charge on any atom is -0.469 e. The molecule has 0 aliphatic rings. The molecule has 0 bridgehead atoms. The van der Waals surface area contributed by atoms with E-state index in [4.69, 9.17) is 9.15 Å².